The molecule has 4 rings (SSSR count). The highest BCUT2D eigenvalue weighted by Gasteiger charge is 2.34. The number of benzene rings is 1. The fraction of sp³-hybridized carbons (Fsp3) is 0.412. The third kappa shape index (κ3) is 3.40. The highest BCUT2D eigenvalue weighted by Crippen LogP contribution is 2.28. The number of aromatic nitrogens is 4. The summed E-state index contributed by atoms with van der Waals surface area (Å²) in [5.41, 5.74) is 2.05. The van der Waals surface area contributed by atoms with E-state index in [1.807, 2.05) is 18.9 Å². The first-order chi connectivity index (χ1) is 13.0. The Morgan fingerprint density at radius 1 is 1.22 bits per heavy atom. The van der Waals surface area contributed by atoms with Crippen molar-refractivity contribution >= 4 is 38.7 Å². The van der Waals surface area contributed by atoms with Gasteiger partial charge < -0.3 is 4.90 Å². The van der Waals surface area contributed by atoms with E-state index >= 15 is 0 Å². The average Bonchev–Trinajstić information content (AvgIpc) is 3.17. The van der Waals surface area contributed by atoms with Crippen LogP contribution in [-0.4, -0.2) is 57.6 Å². The van der Waals surface area contributed by atoms with Crippen molar-refractivity contribution in [2.24, 2.45) is 0 Å². The molecule has 0 amide bonds. The standard InChI is InChI=1S/C17H20N6O2S2/c1-12-9-18-17(19-10-12)22(2)13-5-4-8-23(11-13)27(24,25)15-7-3-6-14-16(15)21-26-20-14/h3,6-7,9-10,13H,4-5,8,11H2,1-2H3. The zero-order chi connectivity index (χ0) is 19.0. The lowest BCUT2D eigenvalue weighted by molar-refractivity contribution is 0.309. The quantitative estimate of drug-likeness (QED) is 0.657. The molecule has 27 heavy (non-hydrogen) atoms. The van der Waals surface area contributed by atoms with Crippen molar-refractivity contribution < 1.29 is 8.42 Å². The topological polar surface area (TPSA) is 92.2 Å². The summed E-state index contributed by atoms with van der Waals surface area (Å²) in [5.74, 6) is 0.607. The van der Waals surface area contributed by atoms with Crippen LogP contribution < -0.4 is 4.90 Å². The minimum absolute atomic E-state index is 0.0176. The van der Waals surface area contributed by atoms with Crippen molar-refractivity contribution in [1.29, 1.82) is 0 Å². The molecule has 1 fully saturated rings. The van der Waals surface area contributed by atoms with E-state index in [0.29, 0.717) is 30.1 Å². The number of nitrogens with zero attached hydrogens (tertiary/aromatic N) is 6. The lowest BCUT2D eigenvalue weighted by Crippen LogP contribution is -2.49. The van der Waals surface area contributed by atoms with Crippen LogP contribution in [0.5, 0.6) is 0 Å². The monoisotopic (exact) mass is 404 g/mol. The number of hydrogen-bond donors (Lipinski definition) is 0. The summed E-state index contributed by atoms with van der Waals surface area (Å²) in [7, 11) is -1.73. The number of likely N-dealkylation sites (N-methyl/N-ethyl adjacent to an activating group) is 1. The Morgan fingerprint density at radius 2 is 2.00 bits per heavy atom. The maximum atomic E-state index is 13.3. The summed E-state index contributed by atoms with van der Waals surface area (Å²) in [5, 5.41) is 0. The Balaban J connectivity index is 1.60. The molecule has 0 saturated carbocycles. The van der Waals surface area contributed by atoms with Crippen LogP contribution in [0.25, 0.3) is 11.0 Å². The molecule has 1 aromatic carbocycles. The van der Waals surface area contributed by atoms with E-state index in [-0.39, 0.29) is 10.9 Å². The van der Waals surface area contributed by atoms with Gasteiger partial charge in [-0.2, -0.15) is 13.1 Å². The first-order valence-electron chi connectivity index (χ1n) is 8.70. The Hall–Kier alpha value is -2.17. The van der Waals surface area contributed by atoms with Gasteiger partial charge in [0.15, 0.2) is 0 Å². The molecule has 1 saturated heterocycles. The van der Waals surface area contributed by atoms with Crippen molar-refractivity contribution in [3.63, 3.8) is 0 Å². The Bertz CT molecular complexity index is 1050. The molecule has 3 heterocycles. The van der Waals surface area contributed by atoms with E-state index in [0.717, 1.165) is 30.1 Å². The molecule has 3 aromatic rings. The number of piperidine rings is 1. The third-order valence-corrected chi connectivity index (χ3v) is 7.30. The van der Waals surface area contributed by atoms with Crippen molar-refractivity contribution in [1.82, 2.24) is 23.0 Å². The zero-order valence-corrected chi connectivity index (χ0v) is 16.7. The first-order valence-corrected chi connectivity index (χ1v) is 10.9. The molecule has 0 aliphatic carbocycles. The van der Waals surface area contributed by atoms with Crippen LogP contribution >= 0.6 is 11.7 Å². The van der Waals surface area contributed by atoms with Crippen LogP contribution in [0.2, 0.25) is 0 Å². The van der Waals surface area contributed by atoms with Crippen LogP contribution in [0, 0.1) is 6.92 Å². The number of fused-ring (bicyclic) bond motifs is 1. The van der Waals surface area contributed by atoms with E-state index in [9.17, 15) is 8.42 Å². The molecule has 2 aromatic heterocycles. The molecule has 10 heteroatoms. The lowest BCUT2D eigenvalue weighted by atomic mass is 10.1. The number of rotatable bonds is 4. The van der Waals surface area contributed by atoms with Gasteiger partial charge in [0.1, 0.15) is 15.9 Å². The van der Waals surface area contributed by atoms with Gasteiger partial charge in [-0.1, -0.05) is 6.07 Å². The Morgan fingerprint density at radius 3 is 2.78 bits per heavy atom. The largest absolute Gasteiger partial charge is 0.340 e. The van der Waals surface area contributed by atoms with Gasteiger partial charge >= 0.3 is 0 Å². The van der Waals surface area contributed by atoms with Crippen molar-refractivity contribution in [3.8, 4) is 0 Å². The van der Waals surface area contributed by atoms with Crippen molar-refractivity contribution in [2.45, 2.75) is 30.7 Å². The van der Waals surface area contributed by atoms with Gasteiger partial charge in [0.25, 0.3) is 0 Å². The molecular weight excluding hydrogens is 384 g/mol. The Kier molecular flexibility index (Phi) is 4.79. The molecule has 1 aliphatic rings. The van der Waals surface area contributed by atoms with Crippen molar-refractivity contribution in [3.05, 3.63) is 36.2 Å². The number of aryl methyl sites for hydroxylation is 1. The summed E-state index contributed by atoms with van der Waals surface area (Å²) in [6.45, 7) is 2.83. The minimum Gasteiger partial charge on any atom is -0.340 e. The minimum atomic E-state index is -3.64. The van der Waals surface area contributed by atoms with Crippen LogP contribution in [0.1, 0.15) is 18.4 Å². The molecule has 1 unspecified atom stereocenters. The summed E-state index contributed by atoms with van der Waals surface area (Å²) in [6.07, 6.45) is 5.21. The first kappa shape index (κ1) is 18.2. The van der Waals surface area contributed by atoms with Crippen LogP contribution in [0.15, 0.2) is 35.5 Å². The molecule has 0 radical (unpaired) electrons. The van der Waals surface area contributed by atoms with Gasteiger partial charge in [-0.25, -0.2) is 18.4 Å². The van der Waals surface area contributed by atoms with E-state index in [1.54, 1.807) is 34.9 Å². The van der Waals surface area contributed by atoms with Gasteiger partial charge in [0.2, 0.25) is 16.0 Å². The second kappa shape index (κ2) is 7.10. The highest BCUT2D eigenvalue weighted by molar-refractivity contribution is 7.89. The molecule has 0 spiro atoms. The van der Waals surface area contributed by atoms with Crippen LogP contribution in [-0.2, 0) is 10.0 Å². The summed E-state index contributed by atoms with van der Waals surface area (Å²) >= 11 is 1.03. The lowest BCUT2D eigenvalue weighted by Gasteiger charge is -2.36. The summed E-state index contributed by atoms with van der Waals surface area (Å²) in [6, 6.07) is 5.11. The van der Waals surface area contributed by atoms with Gasteiger partial charge in [-0.3, -0.25) is 0 Å². The van der Waals surface area contributed by atoms with Crippen LogP contribution in [0.3, 0.4) is 0 Å². The second-order valence-corrected chi connectivity index (χ2v) is 9.15. The van der Waals surface area contributed by atoms with Gasteiger partial charge in [0, 0.05) is 38.6 Å². The Labute approximate surface area is 162 Å². The molecule has 0 N–H and O–H groups in total. The maximum Gasteiger partial charge on any atom is 0.245 e. The van der Waals surface area contributed by atoms with E-state index in [4.69, 9.17) is 0 Å². The SMILES string of the molecule is Cc1cnc(N(C)C2CCCN(S(=O)(=O)c3cccc4nsnc34)C2)nc1. The molecule has 8 nitrogen and oxygen atoms in total. The molecule has 1 aliphatic heterocycles. The fourth-order valence-electron chi connectivity index (χ4n) is 3.32. The predicted molar refractivity (Wildman–Crippen MR) is 104 cm³/mol. The van der Waals surface area contributed by atoms with Crippen LogP contribution in [0.4, 0.5) is 5.95 Å². The summed E-state index contributed by atoms with van der Waals surface area (Å²) in [4.78, 5) is 10.9. The number of anilines is 1. The van der Waals surface area contributed by atoms with E-state index < -0.39 is 10.0 Å². The van der Waals surface area contributed by atoms with Crippen molar-refractivity contribution in [2.75, 3.05) is 25.0 Å². The average molecular weight is 405 g/mol. The normalized spacial score (nSPS) is 18.7. The molecule has 142 valence electrons. The predicted octanol–water partition coefficient (Wildman–Crippen LogP) is 2.08. The summed E-state index contributed by atoms with van der Waals surface area (Å²) < 4.78 is 36.4. The third-order valence-electron chi connectivity index (χ3n) is 4.86. The highest BCUT2D eigenvalue weighted by atomic mass is 32.2. The fourth-order valence-corrected chi connectivity index (χ4v) is 5.58. The molecule has 0 bridgehead atoms. The smallest absolute Gasteiger partial charge is 0.245 e. The van der Waals surface area contributed by atoms with E-state index in [2.05, 4.69) is 18.7 Å². The van der Waals surface area contributed by atoms with E-state index in [1.165, 1.54) is 0 Å². The molecule has 1 atom stereocenters. The maximum absolute atomic E-state index is 13.3. The zero-order valence-electron chi connectivity index (χ0n) is 15.1. The molecular formula is C17H20N6O2S2. The number of sulfonamides is 1. The van der Waals surface area contributed by atoms with Gasteiger partial charge in [0.05, 0.1) is 11.7 Å². The van der Waals surface area contributed by atoms with Gasteiger partial charge in [-0.05, 0) is 37.5 Å². The van der Waals surface area contributed by atoms with Gasteiger partial charge in [-0.15, -0.1) is 0 Å². The number of hydrogen-bond acceptors (Lipinski definition) is 8. The second-order valence-electron chi connectivity index (χ2n) is 6.72.